The van der Waals surface area contributed by atoms with Gasteiger partial charge in [0.15, 0.2) is 0 Å². The molecule has 0 atom stereocenters. The highest BCUT2D eigenvalue weighted by molar-refractivity contribution is 6.02. The molecule has 0 unspecified atom stereocenters. The molecule has 1 aliphatic carbocycles. The van der Waals surface area contributed by atoms with Gasteiger partial charge in [-0.1, -0.05) is 6.07 Å². The number of rotatable bonds is 3. The number of benzene rings is 1. The van der Waals surface area contributed by atoms with E-state index in [2.05, 4.69) is 10.3 Å². The summed E-state index contributed by atoms with van der Waals surface area (Å²) in [5.74, 6) is -0.163. The molecule has 8 heteroatoms. The fraction of sp³-hybridized carbons (Fsp3) is 0.450. The number of carbonyl (C=O) groups is 2. The molecule has 0 radical (unpaired) electrons. The molecular weight excluding hydrogens is 371 g/mol. The van der Waals surface area contributed by atoms with Gasteiger partial charge in [-0.05, 0) is 43.9 Å². The minimum atomic E-state index is -4.40. The van der Waals surface area contributed by atoms with Gasteiger partial charge in [0.2, 0.25) is 11.8 Å². The zero-order valence-electron chi connectivity index (χ0n) is 15.1. The molecule has 2 heterocycles. The zero-order valence-corrected chi connectivity index (χ0v) is 15.1. The van der Waals surface area contributed by atoms with E-state index >= 15 is 0 Å². The first-order valence-corrected chi connectivity index (χ1v) is 9.40. The van der Waals surface area contributed by atoms with Crippen molar-refractivity contribution in [3.05, 3.63) is 36.0 Å². The lowest BCUT2D eigenvalue weighted by Crippen LogP contribution is -2.43. The van der Waals surface area contributed by atoms with Crippen molar-refractivity contribution < 1.29 is 22.8 Å². The Kier molecular flexibility index (Phi) is 4.72. The molecule has 1 aliphatic heterocycles. The second kappa shape index (κ2) is 7.07. The van der Waals surface area contributed by atoms with Gasteiger partial charge in [0, 0.05) is 42.2 Å². The molecule has 2 aromatic rings. The number of amides is 2. The van der Waals surface area contributed by atoms with E-state index in [4.69, 9.17) is 0 Å². The van der Waals surface area contributed by atoms with Gasteiger partial charge in [-0.25, -0.2) is 0 Å². The van der Waals surface area contributed by atoms with Crippen LogP contribution in [0.1, 0.15) is 44.1 Å². The number of alkyl halides is 3. The van der Waals surface area contributed by atoms with Crippen molar-refractivity contribution in [1.82, 2.24) is 9.88 Å². The van der Waals surface area contributed by atoms with Crippen LogP contribution in [0.3, 0.4) is 0 Å². The van der Waals surface area contributed by atoms with Crippen molar-refractivity contribution in [1.29, 1.82) is 0 Å². The van der Waals surface area contributed by atoms with Crippen molar-refractivity contribution in [2.45, 2.75) is 56.8 Å². The number of anilines is 1. The predicted octanol–water partition coefficient (Wildman–Crippen LogP) is 4.13. The Hall–Kier alpha value is -2.64. The summed E-state index contributed by atoms with van der Waals surface area (Å²) >= 11 is 0. The number of imide groups is 1. The highest BCUT2D eigenvalue weighted by Crippen LogP contribution is 2.34. The number of aromatic nitrogens is 1. The normalized spacial score (nSPS) is 23.5. The highest BCUT2D eigenvalue weighted by Gasteiger charge is 2.37. The molecule has 148 valence electrons. The summed E-state index contributed by atoms with van der Waals surface area (Å²) in [6, 6.07) is 5.43. The van der Waals surface area contributed by atoms with Crippen molar-refractivity contribution in [2.75, 3.05) is 5.32 Å². The van der Waals surface area contributed by atoms with Crippen LogP contribution in [0.5, 0.6) is 0 Å². The maximum Gasteiger partial charge on any atom is 0.416 e. The first-order valence-electron chi connectivity index (χ1n) is 9.40. The fourth-order valence-electron chi connectivity index (χ4n) is 4.15. The molecule has 0 bridgehead atoms. The van der Waals surface area contributed by atoms with E-state index in [1.165, 1.54) is 17.2 Å². The minimum absolute atomic E-state index is 0.0379. The lowest BCUT2D eigenvalue weighted by atomic mass is 9.90. The molecule has 1 aromatic heterocycles. The van der Waals surface area contributed by atoms with Crippen molar-refractivity contribution in [2.24, 2.45) is 0 Å². The number of halogens is 3. The molecule has 4 rings (SSSR count). The van der Waals surface area contributed by atoms with Crippen LogP contribution in [0, 0.1) is 0 Å². The largest absolute Gasteiger partial charge is 0.416 e. The summed E-state index contributed by atoms with van der Waals surface area (Å²) in [7, 11) is 0. The van der Waals surface area contributed by atoms with Crippen LogP contribution in [0.15, 0.2) is 30.5 Å². The average molecular weight is 391 g/mol. The number of nitrogens with one attached hydrogen (secondary N) is 1. The van der Waals surface area contributed by atoms with Gasteiger partial charge in [0.25, 0.3) is 0 Å². The summed E-state index contributed by atoms with van der Waals surface area (Å²) in [5, 5.41) is 4.05. The van der Waals surface area contributed by atoms with Crippen LogP contribution in [0.25, 0.3) is 10.9 Å². The van der Waals surface area contributed by atoms with E-state index in [-0.39, 0.29) is 23.9 Å². The van der Waals surface area contributed by atoms with Gasteiger partial charge in [0.05, 0.1) is 11.1 Å². The highest BCUT2D eigenvalue weighted by atomic mass is 19.4. The van der Waals surface area contributed by atoms with Gasteiger partial charge in [0.1, 0.15) is 0 Å². The quantitative estimate of drug-likeness (QED) is 0.800. The standard InChI is InChI=1S/C20H20F3N3O2/c21-20(22,23)12-1-6-15-16(9-10-24-17(15)11-12)25-13-2-4-14(5-3-13)26-18(27)7-8-19(26)28/h1,6,9-11,13-14H,2-5,7-8H2,(H,24,25). The molecule has 5 nitrogen and oxygen atoms in total. The van der Waals surface area contributed by atoms with Crippen LogP contribution in [0.4, 0.5) is 18.9 Å². The Labute approximate surface area is 159 Å². The first kappa shape index (κ1) is 18.7. The van der Waals surface area contributed by atoms with E-state index in [0.29, 0.717) is 23.7 Å². The Morgan fingerprint density at radius 1 is 1.00 bits per heavy atom. The van der Waals surface area contributed by atoms with E-state index in [1.807, 2.05) is 0 Å². The summed E-state index contributed by atoms with van der Waals surface area (Å²) in [4.78, 5) is 29.3. The van der Waals surface area contributed by atoms with Crippen molar-refractivity contribution in [3.8, 4) is 0 Å². The van der Waals surface area contributed by atoms with Crippen molar-refractivity contribution >= 4 is 28.4 Å². The maximum absolute atomic E-state index is 12.9. The Morgan fingerprint density at radius 2 is 1.68 bits per heavy atom. The smallest absolute Gasteiger partial charge is 0.382 e. The van der Waals surface area contributed by atoms with Crippen LogP contribution >= 0.6 is 0 Å². The second-order valence-corrected chi connectivity index (χ2v) is 7.40. The number of carbonyl (C=O) groups excluding carboxylic acids is 2. The third-order valence-electron chi connectivity index (χ3n) is 5.58. The molecule has 28 heavy (non-hydrogen) atoms. The Bertz CT molecular complexity index is 905. The second-order valence-electron chi connectivity index (χ2n) is 7.40. The Morgan fingerprint density at radius 3 is 2.32 bits per heavy atom. The number of fused-ring (bicyclic) bond motifs is 1. The summed E-state index contributed by atoms with van der Waals surface area (Å²) in [5.41, 5.74) is 0.322. The first-order chi connectivity index (χ1) is 13.3. The SMILES string of the molecule is O=C1CCC(=O)N1C1CCC(Nc2ccnc3cc(C(F)(F)F)ccc23)CC1. The lowest BCUT2D eigenvalue weighted by molar-refractivity contribution is -0.142. The summed E-state index contributed by atoms with van der Waals surface area (Å²) < 4.78 is 38.7. The molecule has 2 aliphatic rings. The van der Waals surface area contributed by atoms with Gasteiger partial charge >= 0.3 is 6.18 Å². The average Bonchev–Trinajstić information content (AvgIpc) is 3.00. The third kappa shape index (κ3) is 3.55. The molecule has 2 amide bonds. The number of hydrogen-bond acceptors (Lipinski definition) is 4. The van der Waals surface area contributed by atoms with Crippen LogP contribution in [0.2, 0.25) is 0 Å². The predicted molar refractivity (Wildman–Crippen MR) is 97.5 cm³/mol. The van der Waals surface area contributed by atoms with Crippen LogP contribution < -0.4 is 5.32 Å². The molecule has 1 saturated carbocycles. The molecular formula is C20H20F3N3O2. The fourth-order valence-corrected chi connectivity index (χ4v) is 4.15. The van der Waals surface area contributed by atoms with E-state index in [9.17, 15) is 22.8 Å². The zero-order chi connectivity index (χ0) is 19.9. The van der Waals surface area contributed by atoms with Gasteiger partial charge in [-0.3, -0.25) is 19.5 Å². The van der Waals surface area contributed by atoms with Gasteiger partial charge < -0.3 is 5.32 Å². The van der Waals surface area contributed by atoms with E-state index in [0.717, 1.165) is 43.5 Å². The molecule has 1 N–H and O–H groups in total. The topological polar surface area (TPSA) is 62.3 Å². The molecule has 2 fully saturated rings. The molecule has 1 saturated heterocycles. The van der Waals surface area contributed by atoms with Crippen molar-refractivity contribution in [3.63, 3.8) is 0 Å². The van der Waals surface area contributed by atoms with Gasteiger partial charge in [-0.2, -0.15) is 13.2 Å². The Balaban J connectivity index is 1.46. The molecule has 0 spiro atoms. The van der Waals surface area contributed by atoms with E-state index in [1.54, 1.807) is 6.07 Å². The number of pyridine rings is 1. The summed E-state index contributed by atoms with van der Waals surface area (Å²) in [6.45, 7) is 0. The molecule has 1 aromatic carbocycles. The monoisotopic (exact) mass is 391 g/mol. The van der Waals surface area contributed by atoms with Gasteiger partial charge in [-0.15, -0.1) is 0 Å². The number of hydrogen-bond donors (Lipinski definition) is 1. The number of nitrogens with zero attached hydrogens (tertiary/aromatic N) is 2. The third-order valence-corrected chi connectivity index (χ3v) is 5.58. The maximum atomic E-state index is 12.9. The summed E-state index contributed by atoms with van der Waals surface area (Å²) in [6.07, 6.45) is 0.741. The van der Waals surface area contributed by atoms with Crippen LogP contribution in [-0.4, -0.2) is 33.8 Å². The van der Waals surface area contributed by atoms with Crippen LogP contribution in [-0.2, 0) is 15.8 Å². The minimum Gasteiger partial charge on any atom is -0.382 e. The lowest BCUT2D eigenvalue weighted by Gasteiger charge is -2.34. The number of likely N-dealkylation sites (tertiary alicyclic amines) is 1. The van der Waals surface area contributed by atoms with E-state index < -0.39 is 11.7 Å².